The first-order valence-electron chi connectivity index (χ1n) is 8.15. The van der Waals surface area contributed by atoms with Crippen LogP contribution in [0.4, 0.5) is 18.9 Å². The number of nitrogen functional groups attached to an aromatic ring is 1. The van der Waals surface area contributed by atoms with Gasteiger partial charge >= 0.3 is 6.18 Å². The summed E-state index contributed by atoms with van der Waals surface area (Å²) in [6, 6.07) is 13.0. The molecule has 2 aromatic rings. The van der Waals surface area contributed by atoms with Crippen molar-refractivity contribution in [1.82, 2.24) is 4.90 Å². The van der Waals surface area contributed by atoms with Gasteiger partial charge in [-0.25, -0.2) is 0 Å². The Labute approximate surface area is 150 Å². The molecule has 0 unspecified atom stereocenters. The largest absolute Gasteiger partial charge is 0.416 e. The maximum Gasteiger partial charge on any atom is 0.416 e. The molecule has 7 heteroatoms. The summed E-state index contributed by atoms with van der Waals surface area (Å²) >= 11 is 0. The number of anilines is 1. The van der Waals surface area contributed by atoms with Gasteiger partial charge in [-0.2, -0.15) is 13.2 Å². The van der Waals surface area contributed by atoms with E-state index in [-0.39, 0.29) is 17.9 Å². The number of hydrogen-bond acceptors (Lipinski definition) is 3. The number of amidine groups is 1. The highest BCUT2D eigenvalue weighted by Crippen LogP contribution is 2.31. The number of nitrogens with zero attached hydrogens (tertiary/aromatic N) is 1. The molecule has 0 aromatic heterocycles. The standard InChI is InChI=1S/C19H21F3N4/c20-19(21,22)16-9-8-15(17(24)12-16)11-18(25)26(13-23)10-4-7-14-5-2-1-3-6-14/h1-3,5-6,8-9,12-13,23,25H,4,7,10-11,24H2. The Bertz CT molecular complexity index is 757. The molecule has 2 aromatic carbocycles. The Morgan fingerprint density at radius 1 is 1.12 bits per heavy atom. The van der Waals surface area contributed by atoms with Crippen LogP contribution in [0.2, 0.25) is 0 Å². The molecular formula is C19H21F3N4. The van der Waals surface area contributed by atoms with Crippen molar-refractivity contribution in [3.05, 3.63) is 65.2 Å². The highest BCUT2D eigenvalue weighted by molar-refractivity contribution is 5.91. The first kappa shape index (κ1) is 19.5. The maximum absolute atomic E-state index is 12.7. The Hall–Kier alpha value is -2.83. The molecule has 2 rings (SSSR count). The molecule has 0 atom stereocenters. The van der Waals surface area contributed by atoms with Gasteiger partial charge in [0.15, 0.2) is 0 Å². The van der Waals surface area contributed by atoms with Crippen molar-refractivity contribution >= 4 is 17.9 Å². The van der Waals surface area contributed by atoms with E-state index in [1.165, 1.54) is 16.5 Å². The second-order valence-electron chi connectivity index (χ2n) is 5.95. The number of rotatable bonds is 7. The molecule has 138 valence electrons. The number of halogens is 3. The van der Waals surface area contributed by atoms with Gasteiger partial charge in [0.2, 0.25) is 0 Å². The molecule has 4 nitrogen and oxygen atoms in total. The third kappa shape index (κ3) is 5.34. The maximum atomic E-state index is 12.7. The number of nitrogens with two attached hydrogens (primary N) is 1. The van der Waals surface area contributed by atoms with Crippen molar-refractivity contribution in [1.29, 1.82) is 10.8 Å². The van der Waals surface area contributed by atoms with Gasteiger partial charge in [-0.15, -0.1) is 0 Å². The van der Waals surface area contributed by atoms with Gasteiger partial charge in [0.05, 0.1) is 11.9 Å². The summed E-state index contributed by atoms with van der Waals surface area (Å²) < 4.78 is 38.1. The molecule has 0 aliphatic carbocycles. The lowest BCUT2D eigenvalue weighted by Crippen LogP contribution is -2.31. The van der Waals surface area contributed by atoms with Crippen LogP contribution in [0.25, 0.3) is 0 Å². The van der Waals surface area contributed by atoms with Gasteiger partial charge in [-0.1, -0.05) is 36.4 Å². The summed E-state index contributed by atoms with van der Waals surface area (Å²) in [7, 11) is 0. The third-order valence-corrected chi connectivity index (χ3v) is 4.04. The van der Waals surface area contributed by atoms with Crippen molar-refractivity contribution in [3.8, 4) is 0 Å². The van der Waals surface area contributed by atoms with E-state index in [0.29, 0.717) is 12.1 Å². The average Bonchev–Trinajstić information content (AvgIpc) is 2.60. The fraction of sp³-hybridized carbons (Fsp3) is 0.263. The minimum Gasteiger partial charge on any atom is -0.398 e. The quantitative estimate of drug-likeness (QED) is 0.389. The smallest absolute Gasteiger partial charge is 0.398 e. The van der Waals surface area contributed by atoms with Crippen LogP contribution in [-0.2, 0) is 19.0 Å². The second kappa shape index (κ2) is 8.51. The molecule has 0 fully saturated rings. The van der Waals surface area contributed by atoms with Crippen molar-refractivity contribution in [2.24, 2.45) is 0 Å². The highest BCUT2D eigenvalue weighted by atomic mass is 19.4. The summed E-state index contributed by atoms with van der Waals surface area (Å²) in [5.74, 6) is 0.125. The lowest BCUT2D eigenvalue weighted by atomic mass is 10.0. The van der Waals surface area contributed by atoms with Crippen LogP contribution in [0.1, 0.15) is 23.1 Å². The lowest BCUT2D eigenvalue weighted by molar-refractivity contribution is -0.137. The highest BCUT2D eigenvalue weighted by Gasteiger charge is 2.30. The Morgan fingerprint density at radius 3 is 2.38 bits per heavy atom. The fourth-order valence-electron chi connectivity index (χ4n) is 2.59. The molecule has 26 heavy (non-hydrogen) atoms. The van der Waals surface area contributed by atoms with Gasteiger partial charge in [-0.05, 0) is 36.1 Å². The summed E-state index contributed by atoms with van der Waals surface area (Å²) in [5.41, 5.74) is 6.52. The van der Waals surface area contributed by atoms with Gasteiger partial charge in [-0.3, -0.25) is 10.8 Å². The molecule has 0 saturated carbocycles. The minimum absolute atomic E-state index is 0.00112. The molecule has 0 radical (unpaired) electrons. The predicted octanol–water partition coefficient (Wildman–Crippen LogP) is 4.35. The molecule has 0 aliphatic heterocycles. The van der Waals surface area contributed by atoms with E-state index in [9.17, 15) is 13.2 Å². The number of hydrogen-bond donors (Lipinski definition) is 3. The zero-order chi connectivity index (χ0) is 19.2. The van der Waals surface area contributed by atoms with Gasteiger partial charge in [0.1, 0.15) is 5.84 Å². The van der Waals surface area contributed by atoms with E-state index in [0.717, 1.165) is 31.3 Å². The molecule has 0 heterocycles. The Balaban J connectivity index is 1.95. The third-order valence-electron chi connectivity index (χ3n) is 4.04. The van der Waals surface area contributed by atoms with Crippen molar-refractivity contribution in [3.63, 3.8) is 0 Å². The summed E-state index contributed by atoms with van der Waals surface area (Å²) in [6.07, 6.45) is -1.73. The number of alkyl halides is 3. The van der Waals surface area contributed by atoms with Crippen LogP contribution in [0.5, 0.6) is 0 Å². The van der Waals surface area contributed by atoms with Crippen molar-refractivity contribution in [2.45, 2.75) is 25.4 Å². The first-order chi connectivity index (χ1) is 12.3. The normalized spacial score (nSPS) is 11.2. The molecule has 0 spiro atoms. The first-order valence-corrected chi connectivity index (χ1v) is 8.15. The second-order valence-corrected chi connectivity index (χ2v) is 5.95. The molecule has 0 amide bonds. The molecule has 0 bridgehead atoms. The summed E-state index contributed by atoms with van der Waals surface area (Å²) in [6.45, 7) is 0.484. The predicted molar refractivity (Wildman–Crippen MR) is 97.5 cm³/mol. The molecular weight excluding hydrogens is 341 g/mol. The lowest BCUT2D eigenvalue weighted by Gasteiger charge is -2.20. The van der Waals surface area contributed by atoms with E-state index in [4.69, 9.17) is 16.6 Å². The minimum atomic E-state index is -4.45. The van der Waals surface area contributed by atoms with Crippen LogP contribution in [0.3, 0.4) is 0 Å². The fourth-order valence-corrected chi connectivity index (χ4v) is 2.59. The number of aryl methyl sites for hydroxylation is 1. The van der Waals surface area contributed by atoms with Crippen LogP contribution in [0, 0.1) is 10.8 Å². The monoisotopic (exact) mass is 362 g/mol. The van der Waals surface area contributed by atoms with Gasteiger partial charge < -0.3 is 10.6 Å². The van der Waals surface area contributed by atoms with Crippen LogP contribution in [-0.4, -0.2) is 23.6 Å². The van der Waals surface area contributed by atoms with E-state index in [1.54, 1.807) is 0 Å². The Morgan fingerprint density at radius 2 is 1.81 bits per heavy atom. The van der Waals surface area contributed by atoms with Crippen molar-refractivity contribution < 1.29 is 13.2 Å². The average molecular weight is 362 g/mol. The molecule has 4 N–H and O–H groups in total. The van der Waals surface area contributed by atoms with E-state index in [2.05, 4.69) is 0 Å². The van der Waals surface area contributed by atoms with Crippen LogP contribution >= 0.6 is 0 Å². The van der Waals surface area contributed by atoms with Crippen molar-refractivity contribution in [2.75, 3.05) is 12.3 Å². The zero-order valence-electron chi connectivity index (χ0n) is 14.2. The topological polar surface area (TPSA) is 77.0 Å². The van der Waals surface area contributed by atoms with E-state index in [1.807, 2.05) is 30.3 Å². The molecule has 0 saturated heterocycles. The Kier molecular flexibility index (Phi) is 6.38. The van der Waals surface area contributed by atoms with Crippen LogP contribution in [0.15, 0.2) is 48.5 Å². The molecule has 0 aliphatic rings. The summed E-state index contributed by atoms with van der Waals surface area (Å²) in [4.78, 5) is 1.47. The SMILES string of the molecule is N=CN(CCCc1ccccc1)C(=N)Cc1ccc(C(F)(F)F)cc1N. The number of benzene rings is 2. The van der Waals surface area contributed by atoms with Gasteiger partial charge in [0.25, 0.3) is 0 Å². The summed E-state index contributed by atoms with van der Waals surface area (Å²) in [5, 5.41) is 15.6. The van der Waals surface area contributed by atoms with Crippen LogP contribution < -0.4 is 5.73 Å². The van der Waals surface area contributed by atoms with E-state index < -0.39 is 11.7 Å². The van der Waals surface area contributed by atoms with E-state index >= 15 is 0 Å². The van der Waals surface area contributed by atoms with Gasteiger partial charge in [0, 0.05) is 18.7 Å². The number of nitrogens with one attached hydrogen (secondary N) is 2. The zero-order valence-corrected chi connectivity index (χ0v) is 14.2.